The van der Waals surface area contributed by atoms with Crippen molar-refractivity contribution < 1.29 is 19.2 Å². The van der Waals surface area contributed by atoms with Crippen molar-refractivity contribution in [3.63, 3.8) is 0 Å². The van der Waals surface area contributed by atoms with Crippen molar-refractivity contribution in [1.29, 1.82) is 0 Å². The summed E-state index contributed by atoms with van der Waals surface area (Å²) in [4.78, 5) is 29.3. The Labute approximate surface area is 117 Å². The van der Waals surface area contributed by atoms with Crippen LogP contribution in [0.3, 0.4) is 0 Å². The first-order valence-electron chi connectivity index (χ1n) is 6.38. The highest BCUT2D eigenvalue weighted by atomic mass is 16.7. The number of esters is 1. The van der Waals surface area contributed by atoms with Gasteiger partial charge < -0.3 is 4.74 Å². The van der Waals surface area contributed by atoms with Crippen LogP contribution in [-0.2, 0) is 25.8 Å². The van der Waals surface area contributed by atoms with Crippen molar-refractivity contribution in [2.24, 2.45) is 0 Å². The predicted octanol–water partition coefficient (Wildman–Crippen LogP) is 1.84. The van der Waals surface area contributed by atoms with E-state index in [4.69, 9.17) is 9.57 Å². The molecule has 106 valence electrons. The third-order valence-electron chi connectivity index (χ3n) is 3.15. The predicted molar refractivity (Wildman–Crippen MR) is 72.3 cm³/mol. The van der Waals surface area contributed by atoms with Crippen LogP contribution in [0.4, 0.5) is 0 Å². The average Bonchev–Trinajstić information content (AvgIpc) is 2.49. The molecule has 1 aliphatic rings. The second-order valence-electron chi connectivity index (χ2n) is 4.55. The summed E-state index contributed by atoms with van der Waals surface area (Å²) in [6, 6.07) is 8.74. The van der Waals surface area contributed by atoms with E-state index in [0.717, 1.165) is 10.6 Å². The van der Waals surface area contributed by atoms with Gasteiger partial charge in [-0.25, -0.2) is 9.86 Å². The van der Waals surface area contributed by atoms with Crippen molar-refractivity contribution in [3.8, 4) is 0 Å². The zero-order chi connectivity index (χ0) is 14.5. The lowest BCUT2D eigenvalue weighted by atomic mass is 10.1. The molecule has 0 radical (unpaired) electrons. The summed E-state index contributed by atoms with van der Waals surface area (Å²) < 4.78 is 4.71. The molecule has 1 heterocycles. The van der Waals surface area contributed by atoms with Crippen LogP contribution in [0.15, 0.2) is 42.0 Å². The summed E-state index contributed by atoms with van der Waals surface area (Å²) in [5.74, 6) is -0.780. The number of carbonyl (C=O) groups excluding carboxylic acids is 2. The molecule has 0 aromatic heterocycles. The minimum Gasteiger partial charge on any atom is -0.467 e. The molecule has 0 aliphatic carbocycles. The zero-order valence-corrected chi connectivity index (χ0v) is 11.5. The van der Waals surface area contributed by atoms with Gasteiger partial charge in [-0.1, -0.05) is 36.4 Å². The van der Waals surface area contributed by atoms with Gasteiger partial charge in [0.15, 0.2) is 6.04 Å². The van der Waals surface area contributed by atoms with Gasteiger partial charge in [0, 0.05) is 5.57 Å². The molecule has 1 atom stereocenters. The maximum absolute atomic E-state index is 12.1. The molecule has 1 aromatic rings. The van der Waals surface area contributed by atoms with Gasteiger partial charge in [-0.2, -0.15) is 0 Å². The van der Waals surface area contributed by atoms with Gasteiger partial charge in [0.05, 0.1) is 7.11 Å². The SMILES string of the molecule is COC(=O)C1CC=C(C)C(=O)N1OCc1ccccc1. The van der Waals surface area contributed by atoms with E-state index in [-0.39, 0.29) is 12.5 Å². The molecule has 1 aromatic carbocycles. The molecule has 0 bridgehead atoms. The number of nitrogens with zero attached hydrogens (tertiary/aromatic N) is 1. The number of ether oxygens (including phenoxy) is 1. The van der Waals surface area contributed by atoms with Crippen LogP contribution < -0.4 is 0 Å². The lowest BCUT2D eigenvalue weighted by Crippen LogP contribution is -2.47. The second-order valence-corrected chi connectivity index (χ2v) is 4.55. The molecule has 0 fully saturated rings. The van der Waals surface area contributed by atoms with Crippen LogP contribution in [0.1, 0.15) is 18.9 Å². The number of carbonyl (C=O) groups is 2. The largest absolute Gasteiger partial charge is 0.467 e. The maximum atomic E-state index is 12.1. The Morgan fingerprint density at radius 3 is 2.70 bits per heavy atom. The van der Waals surface area contributed by atoms with Crippen molar-refractivity contribution in [1.82, 2.24) is 5.06 Å². The Balaban J connectivity index is 2.10. The number of benzene rings is 1. The van der Waals surface area contributed by atoms with Gasteiger partial charge in [0.25, 0.3) is 5.91 Å². The normalized spacial score (nSPS) is 18.7. The number of hydrogen-bond donors (Lipinski definition) is 0. The van der Waals surface area contributed by atoms with E-state index >= 15 is 0 Å². The van der Waals surface area contributed by atoms with Crippen molar-refractivity contribution in [2.75, 3.05) is 7.11 Å². The molecule has 0 saturated heterocycles. The summed E-state index contributed by atoms with van der Waals surface area (Å²) in [6.45, 7) is 1.93. The summed E-state index contributed by atoms with van der Waals surface area (Å²) in [5.41, 5.74) is 1.49. The smallest absolute Gasteiger partial charge is 0.331 e. The van der Waals surface area contributed by atoms with Gasteiger partial charge >= 0.3 is 5.97 Å². The summed E-state index contributed by atoms with van der Waals surface area (Å²) in [5, 5.41) is 1.12. The van der Waals surface area contributed by atoms with E-state index in [1.807, 2.05) is 30.3 Å². The van der Waals surface area contributed by atoms with Crippen molar-refractivity contribution in [2.45, 2.75) is 26.0 Å². The van der Waals surface area contributed by atoms with Crippen LogP contribution in [0.5, 0.6) is 0 Å². The van der Waals surface area contributed by atoms with Gasteiger partial charge in [0.1, 0.15) is 6.61 Å². The van der Waals surface area contributed by atoms with Gasteiger partial charge in [0.2, 0.25) is 0 Å². The van der Waals surface area contributed by atoms with Gasteiger partial charge in [-0.05, 0) is 18.9 Å². The van der Waals surface area contributed by atoms with Crippen molar-refractivity contribution >= 4 is 11.9 Å². The van der Waals surface area contributed by atoms with E-state index in [1.54, 1.807) is 13.0 Å². The fourth-order valence-corrected chi connectivity index (χ4v) is 1.98. The van der Waals surface area contributed by atoms with Crippen LogP contribution in [-0.4, -0.2) is 30.1 Å². The number of amides is 1. The Kier molecular flexibility index (Phi) is 4.53. The fourth-order valence-electron chi connectivity index (χ4n) is 1.98. The Morgan fingerprint density at radius 1 is 1.35 bits per heavy atom. The molecule has 5 heteroatoms. The first-order chi connectivity index (χ1) is 9.63. The number of rotatable bonds is 4. The summed E-state index contributed by atoms with van der Waals surface area (Å²) in [6.07, 6.45) is 2.13. The standard InChI is InChI=1S/C15H17NO4/c1-11-8-9-13(15(18)19-2)16(14(11)17)20-10-12-6-4-3-5-7-12/h3-8,13H,9-10H2,1-2H3. The highest BCUT2D eigenvalue weighted by Crippen LogP contribution is 2.20. The fraction of sp³-hybridized carbons (Fsp3) is 0.333. The lowest BCUT2D eigenvalue weighted by Gasteiger charge is -2.31. The van der Waals surface area contributed by atoms with E-state index in [1.165, 1.54) is 7.11 Å². The van der Waals surface area contributed by atoms with E-state index in [0.29, 0.717) is 12.0 Å². The number of hydroxylamine groups is 2. The van der Waals surface area contributed by atoms with E-state index in [2.05, 4.69) is 0 Å². The number of methoxy groups -OCH3 is 1. The molecule has 0 saturated carbocycles. The summed E-state index contributed by atoms with van der Waals surface area (Å²) in [7, 11) is 1.30. The Morgan fingerprint density at radius 2 is 2.05 bits per heavy atom. The molecule has 0 spiro atoms. The molecule has 1 amide bonds. The third-order valence-corrected chi connectivity index (χ3v) is 3.15. The Bertz CT molecular complexity index is 524. The molecule has 0 N–H and O–H groups in total. The minimum atomic E-state index is -0.722. The average molecular weight is 275 g/mol. The first-order valence-corrected chi connectivity index (χ1v) is 6.38. The monoisotopic (exact) mass is 275 g/mol. The van der Waals surface area contributed by atoms with E-state index in [9.17, 15) is 9.59 Å². The van der Waals surface area contributed by atoms with Crippen LogP contribution in [0.2, 0.25) is 0 Å². The summed E-state index contributed by atoms with van der Waals surface area (Å²) >= 11 is 0. The third kappa shape index (κ3) is 3.05. The zero-order valence-electron chi connectivity index (χ0n) is 11.5. The molecule has 5 nitrogen and oxygen atoms in total. The molecular formula is C15H17NO4. The molecular weight excluding hydrogens is 258 g/mol. The molecule has 2 rings (SSSR count). The number of hydrogen-bond acceptors (Lipinski definition) is 4. The van der Waals surface area contributed by atoms with Gasteiger partial charge in [-0.3, -0.25) is 9.63 Å². The molecule has 1 aliphatic heterocycles. The Hall–Kier alpha value is -2.14. The van der Waals surface area contributed by atoms with Crippen LogP contribution >= 0.6 is 0 Å². The minimum absolute atomic E-state index is 0.230. The highest BCUT2D eigenvalue weighted by molar-refractivity contribution is 5.96. The quantitative estimate of drug-likeness (QED) is 0.787. The lowest BCUT2D eigenvalue weighted by molar-refractivity contribution is -0.210. The maximum Gasteiger partial charge on any atom is 0.331 e. The van der Waals surface area contributed by atoms with Crippen molar-refractivity contribution in [3.05, 3.63) is 47.5 Å². The molecule has 1 unspecified atom stereocenters. The first kappa shape index (κ1) is 14.3. The van der Waals surface area contributed by atoms with E-state index < -0.39 is 12.0 Å². The van der Waals surface area contributed by atoms with Gasteiger partial charge in [-0.15, -0.1) is 0 Å². The highest BCUT2D eigenvalue weighted by Gasteiger charge is 2.35. The second kappa shape index (κ2) is 6.34. The van der Waals surface area contributed by atoms with Crippen LogP contribution in [0, 0.1) is 0 Å². The molecule has 20 heavy (non-hydrogen) atoms. The topological polar surface area (TPSA) is 55.8 Å². The van der Waals surface area contributed by atoms with Crippen LogP contribution in [0.25, 0.3) is 0 Å².